The van der Waals surface area contributed by atoms with Gasteiger partial charge in [0, 0.05) is 0 Å². The number of rotatable bonds is 2. The molecule has 0 saturated heterocycles. The van der Waals surface area contributed by atoms with Crippen molar-refractivity contribution in [2.24, 2.45) is 0 Å². The summed E-state index contributed by atoms with van der Waals surface area (Å²) in [5, 5.41) is 19.8. The second-order valence-electron chi connectivity index (χ2n) is 5.25. The predicted octanol–water partition coefficient (Wildman–Crippen LogP) is 2.14. The minimum atomic E-state index is -0.603. The Morgan fingerprint density at radius 2 is 2.06 bits per heavy atom. The largest absolute Gasteiger partial charge is 0.397 e. The number of nitrogens with zero attached hydrogens (tertiary/aromatic N) is 2. The first-order valence-electron chi connectivity index (χ1n) is 6.39. The number of pyridine rings is 1. The normalized spacial score (nSPS) is 31.8. The van der Waals surface area contributed by atoms with Gasteiger partial charge in [-0.2, -0.15) is 5.26 Å². The summed E-state index contributed by atoms with van der Waals surface area (Å²) in [7, 11) is 0. The first kappa shape index (κ1) is 12.8. The van der Waals surface area contributed by atoms with Crippen LogP contribution < -0.4 is 5.73 Å². The van der Waals surface area contributed by atoms with Gasteiger partial charge in [0.15, 0.2) is 0 Å². The molecule has 0 atom stereocenters. The Labute approximate surface area is 107 Å². The van der Waals surface area contributed by atoms with E-state index in [0.717, 1.165) is 12.1 Å². The summed E-state index contributed by atoms with van der Waals surface area (Å²) in [6, 6.07) is 6.01. The highest BCUT2D eigenvalue weighted by atomic mass is 16.3. The van der Waals surface area contributed by atoms with Crippen LogP contribution in [0.2, 0.25) is 0 Å². The molecule has 1 fully saturated rings. The standard InChI is InChI=1S/C14H19N3O/c1-2-14(18)7-5-13(10-15,6-8-14)12-4-3-11(16)9-17-12/h3-4,9,18H,2,5-8,16H2,1H3/t13-,14-. The molecule has 1 aliphatic rings. The molecule has 0 aliphatic heterocycles. The van der Waals surface area contributed by atoms with Gasteiger partial charge in [-0.25, -0.2) is 0 Å². The number of aliphatic hydroxyl groups is 1. The molecule has 1 aromatic heterocycles. The molecule has 4 nitrogen and oxygen atoms in total. The Hall–Kier alpha value is -1.60. The van der Waals surface area contributed by atoms with Crippen LogP contribution in [0.5, 0.6) is 0 Å². The van der Waals surface area contributed by atoms with Crippen molar-refractivity contribution in [3.05, 3.63) is 24.0 Å². The Morgan fingerprint density at radius 3 is 2.50 bits per heavy atom. The molecule has 0 amide bonds. The number of nitrogen functional groups attached to an aromatic ring is 1. The average molecular weight is 245 g/mol. The van der Waals surface area contributed by atoms with Gasteiger partial charge in [-0.05, 0) is 44.2 Å². The zero-order valence-electron chi connectivity index (χ0n) is 10.7. The number of hydrogen-bond acceptors (Lipinski definition) is 4. The molecule has 1 saturated carbocycles. The molecule has 96 valence electrons. The number of hydrogen-bond donors (Lipinski definition) is 2. The van der Waals surface area contributed by atoms with E-state index in [9.17, 15) is 10.4 Å². The van der Waals surface area contributed by atoms with Crippen LogP contribution in [-0.2, 0) is 5.41 Å². The van der Waals surface area contributed by atoms with Crippen LogP contribution in [0.4, 0.5) is 5.69 Å². The van der Waals surface area contributed by atoms with Crippen LogP contribution in [0.1, 0.15) is 44.7 Å². The van der Waals surface area contributed by atoms with Gasteiger partial charge in [-0.15, -0.1) is 0 Å². The van der Waals surface area contributed by atoms with E-state index in [1.165, 1.54) is 0 Å². The lowest BCUT2D eigenvalue weighted by Gasteiger charge is -2.39. The molecule has 4 heteroatoms. The number of nitrogens with two attached hydrogens (primary N) is 1. The monoisotopic (exact) mass is 245 g/mol. The quantitative estimate of drug-likeness (QED) is 0.836. The summed E-state index contributed by atoms with van der Waals surface area (Å²) in [5.74, 6) is 0. The van der Waals surface area contributed by atoms with Gasteiger partial charge in [0.1, 0.15) is 0 Å². The lowest BCUT2D eigenvalue weighted by Crippen LogP contribution is -2.40. The van der Waals surface area contributed by atoms with Crippen LogP contribution in [0.25, 0.3) is 0 Å². The van der Waals surface area contributed by atoms with Gasteiger partial charge in [-0.3, -0.25) is 4.98 Å². The number of aromatic nitrogens is 1. The molecule has 0 spiro atoms. The Morgan fingerprint density at radius 1 is 1.39 bits per heavy atom. The van der Waals surface area contributed by atoms with E-state index >= 15 is 0 Å². The first-order valence-corrected chi connectivity index (χ1v) is 6.39. The van der Waals surface area contributed by atoms with Gasteiger partial charge < -0.3 is 10.8 Å². The highest BCUT2D eigenvalue weighted by Crippen LogP contribution is 2.43. The molecule has 0 radical (unpaired) electrons. The molecular formula is C14H19N3O. The fourth-order valence-corrected chi connectivity index (χ4v) is 2.61. The second-order valence-corrected chi connectivity index (χ2v) is 5.25. The maximum Gasteiger partial charge on any atom is 0.0995 e. The second kappa shape index (κ2) is 4.58. The van der Waals surface area contributed by atoms with Crippen molar-refractivity contribution in [1.82, 2.24) is 4.98 Å². The SMILES string of the molecule is CC[C@]1(O)CC[C@](C#N)(c2ccc(N)cn2)CC1. The summed E-state index contributed by atoms with van der Waals surface area (Å²) < 4.78 is 0. The molecule has 18 heavy (non-hydrogen) atoms. The third-order valence-electron chi connectivity index (χ3n) is 4.18. The summed E-state index contributed by atoms with van der Waals surface area (Å²) >= 11 is 0. The summed E-state index contributed by atoms with van der Waals surface area (Å²) in [5.41, 5.74) is 5.84. The number of nitriles is 1. The van der Waals surface area contributed by atoms with Gasteiger partial charge in [-0.1, -0.05) is 6.92 Å². The predicted molar refractivity (Wildman–Crippen MR) is 69.6 cm³/mol. The van der Waals surface area contributed by atoms with Crippen molar-refractivity contribution in [3.63, 3.8) is 0 Å². The van der Waals surface area contributed by atoms with E-state index in [1.807, 2.05) is 13.0 Å². The Bertz CT molecular complexity index is 453. The van der Waals surface area contributed by atoms with Crippen LogP contribution in [-0.4, -0.2) is 15.7 Å². The van der Waals surface area contributed by atoms with E-state index in [0.29, 0.717) is 31.4 Å². The van der Waals surface area contributed by atoms with Crippen molar-refractivity contribution in [1.29, 1.82) is 5.26 Å². The molecule has 3 N–H and O–H groups in total. The summed E-state index contributed by atoms with van der Waals surface area (Å²) in [4.78, 5) is 4.29. The van der Waals surface area contributed by atoms with Gasteiger partial charge in [0.25, 0.3) is 0 Å². The Kier molecular flexibility index (Phi) is 3.27. The zero-order valence-corrected chi connectivity index (χ0v) is 10.7. The first-order chi connectivity index (χ1) is 8.53. The van der Waals surface area contributed by atoms with Gasteiger partial charge >= 0.3 is 0 Å². The average Bonchev–Trinajstić information content (AvgIpc) is 2.41. The fraction of sp³-hybridized carbons (Fsp3) is 0.571. The van der Waals surface area contributed by atoms with E-state index in [1.54, 1.807) is 12.3 Å². The molecule has 1 aliphatic carbocycles. The molecule has 0 aromatic carbocycles. The smallest absolute Gasteiger partial charge is 0.0995 e. The third kappa shape index (κ3) is 2.19. The van der Waals surface area contributed by atoms with Crippen molar-refractivity contribution in [2.75, 3.05) is 5.73 Å². The van der Waals surface area contributed by atoms with E-state index < -0.39 is 11.0 Å². The highest BCUT2D eigenvalue weighted by molar-refractivity contribution is 5.38. The van der Waals surface area contributed by atoms with E-state index in [4.69, 9.17) is 5.73 Å². The number of anilines is 1. The molecular weight excluding hydrogens is 226 g/mol. The van der Waals surface area contributed by atoms with Crippen molar-refractivity contribution in [2.45, 2.75) is 50.0 Å². The maximum atomic E-state index is 10.2. The van der Waals surface area contributed by atoms with Crippen molar-refractivity contribution >= 4 is 5.69 Å². The van der Waals surface area contributed by atoms with Crippen LogP contribution >= 0.6 is 0 Å². The molecule has 1 heterocycles. The van der Waals surface area contributed by atoms with Gasteiger partial charge in [0.2, 0.25) is 0 Å². The molecule has 0 unspecified atom stereocenters. The molecule has 2 rings (SSSR count). The highest BCUT2D eigenvalue weighted by Gasteiger charge is 2.43. The Balaban J connectivity index is 2.24. The third-order valence-corrected chi connectivity index (χ3v) is 4.18. The van der Waals surface area contributed by atoms with E-state index in [2.05, 4.69) is 11.1 Å². The lowest BCUT2D eigenvalue weighted by molar-refractivity contribution is -0.0124. The fourth-order valence-electron chi connectivity index (χ4n) is 2.61. The molecule has 0 bridgehead atoms. The van der Waals surface area contributed by atoms with Crippen LogP contribution in [0.3, 0.4) is 0 Å². The van der Waals surface area contributed by atoms with E-state index in [-0.39, 0.29) is 0 Å². The van der Waals surface area contributed by atoms with Crippen molar-refractivity contribution < 1.29 is 5.11 Å². The summed E-state index contributed by atoms with van der Waals surface area (Å²) in [6.07, 6.45) is 4.96. The van der Waals surface area contributed by atoms with Crippen LogP contribution in [0.15, 0.2) is 18.3 Å². The minimum absolute atomic E-state index is 0.560. The topological polar surface area (TPSA) is 82.9 Å². The molecule has 1 aromatic rings. The summed E-state index contributed by atoms with van der Waals surface area (Å²) in [6.45, 7) is 1.99. The van der Waals surface area contributed by atoms with Crippen LogP contribution in [0, 0.1) is 11.3 Å². The maximum absolute atomic E-state index is 10.2. The zero-order chi connectivity index (χ0) is 13.2. The van der Waals surface area contributed by atoms with Crippen molar-refractivity contribution in [3.8, 4) is 6.07 Å². The van der Waals surface area contributed by atoms with Gasteiger partial charge in [0.05, 0.1) is 34.7 Å². The lowest BCUT2D eigenvalue weighted by atomic mass is 9.67. The minimum Gasteiger partial charge on any atom is -0.397 e.